The Hall–Kier alpha value is -2.16. The highest BCUT2D eigenvalue weighted by atomic mass is 32.1. The van der Waals surface area contributed by atoms with Gasteiger partial charge in [-0.05, 0) is 30.3 Å². The fourth-order valence-corrected chi connectivity index (χ4v) is 2.27. The highest BCUT2D eigenvalue weighted by Crippen LogP contribution is 2.18. The molecule has 0 saturated heterocycles. The number of carbonyl (C=O) groups excluding carboxylic acids is 1. The highest BCUT2D eigenvalue weighted by Gasteiger charge is 2.09. The van der Waals surface area contributed by atoms with Crippen LogP contribution in [0.1, 0.15) is 21.0 Å². The van der Waals surface area contributed by atoms with E-state index in [0.29, 0.717) is 17.0 Å². The number of amides is 1. The summed E-state index contributed by atoms with van der Waals surface area (Å²) in [6.45, 7) is 0.0191. The van der Waals surface area contributed by atoms with Crippen molar-refractivity contribution in [2.75, 3.05) is 11.9 Å². The smallest absolute Gasteiger partial charge is 0.265 e. The van der Waals surface area contributed by atoms with Crippen LogP contribution >= 0.6 is 11.3 Å². The summed E-state index contributed by atoms with van der Waals surface area (Å²) in [7, 11) is 0. The van der Waals surface area contributed by atoms with Crippen molar-refractivity contribution in [3.8, 4) is 11.8 Å². The van der Waals surface area contributed by atoms with Crippen LogP contribution < -0.4 is 5.32 Å². The van der Waals surface area contributed by atoms with E-state index >= 15 is 0 Å². The number of thiophene rings is 1. The van der Waals surface area contributed by atoms with Gasteiger partial charge >= 0.3 is 0 Å². The number of hydrogen-bond acceptors (Lipinski definition) is 3. The number of rotatable bonds is 3. The van der Waals surface area contributed by atoms with Crippen molar-refractivity contribution in [1.29, 1.82) is 0 Å². The van der Waals surface area contributed by atoms with Crippen molar-refractivity contribution < 1.29 is 14.3 Å². The summed E-state index contributed by atoms with van der Waals surface area (Å²) in [5.41, 5.74) is 0.413. The largest absolute Gasteiger partial charge is 0.395 e. The zero-order valence-electron chi connectivity index (χ0n) is 10.5. The molecule has 3 nitrogen and oxygen atoms in total. The maximum Gasteiger partial charge on any atom is 0.265 e. The van der Waals surface area contributed by atoms with E-state index in [9.17, 15) is 9.18 Å². The van der Waals surface area contributed by atoms with Crippen molar-refractivity contribution in [2.24, 2.45) is 0 Å². The molecule has 1 aromatic heterocycles. The number of aliphatic hydroxyl groups is 1. The molecule has 1 heterocycles. The molecule has 0 saturated carbocycles. The predicted molar refractivity (Wildman–Crippen MR) is 77.3 cm³/mol. The van der Waals surface area contributed by atoms with E-state index in [2.05, 4.69) is 17.2 Å². The number of anilines is 1. The first-order valence-corrected chi connectivity index (χ1v) is 6.77. The number of carbonyl (C=O) groups is 1. The Morgan fingerprint density at radius 2 is 2.20 bits per heavy atom. The quantitative estimate of drug-likeness (QED) is 0.854. The third-order valence-electron chi connectivity index (χ3n) is 2.36. The first-order chi connectivity index (χ1) is 9.69. The van der Waals surface area contributed by atoms with E-state index in [1.165, 1.54) is 29.5 Å². The highest BCUT2D eigenvalue weighted by molar-refractivity contribution is 7.14. The van der Waals surface area contributed by atoms with Gasteiger partial charge < -0.3 is 10.4 Å². The number of nitrogens with one attached hydrogen (secondary N) is 1. The van der Waals surface area contributed by atoms with E-state index in [4.69, 9.17) is 5.11 Å². The average molecular weight is 289 g/mol. The molecule has 1 aromatic carbocycles. The minimum Gasteiger partial charge on any atom is -0.395 e. The lowest BCUT2D eigenvalue weighted by atomic mass is 10.3. The van der Waals surface area contributed by atoms with E-state index in [1.54, 1.807) is 18.2 Å². The Bertz CT molecular complexity index is 670. The van der Waals surface area contributed by atoms with Crippen molar-refractivity contribution in [3.63, 3.8) is 0 Å². The molecule has 0 aliphatic heterocycles. The molecule has 2 aromatic rings. The summed E-state index contributed by atoms with van der Waals surface area (Å²) >= 11 is 1.25. The van der Waals surface area contributed by atoms with Crippen molar-refractivity contribution >= 4 is 22.9 Å². The van der Waals surface area contributed by atoms with Gasteiger partial charge in [-0.3, -0.25) is 4.79 Å². The van der Waals surface area contributed by atoms with Crippen LogP contribution in [0.5, 0.6) is 0 Å². The summed E-state index contributed by atoms with van der Waals surface area (Å²) < 4.78 is 13.0. The third-order valence-corrected chi connectivity index (χ3v) is 3.36. The van der Waals surface area contributed by atoms with Gasteiger partial charge in [0.2, 0.25) is 0 Å². The Morgan fingerprint density at radius 1 is 1.35 bits per heavy atom. The third kappa shape index (κ3) is 3.92. The van der Waals surface area contributed by atoms with Crippen LogP contribution in [0.3, 0.4) is 0 Å². The zero-order valence-corrected chi connectivity index (χ0v) is 11.3. The first-order valence-electron chi connectivity index (χ1n) is 5.95. The van der Waals surface area contributed by atoms with Gasteiger partial charge in [-0.2, -0.15) is 0 Å². The molecule has 0 unspecified atom stereocenters. The topological polar surface area (TPSA) is 49.3 Å². The van der Waals surface area contributed by atoms with Crippen molar-refractivity contribution in [3.05, 3.63) is 52.0 Å². The normalized spacial score (nSPS) is 9.70. The van der Waals surface area contributed by atoms with Gasteiger partial charge in [0.25, 0.3) is 5.91 Å². The number of halogens is 1. The van der Waals surface area contributed by atoms with Gasteiger partial charge in [0, 0.05) is 12.1 Å². The van der Waals surface area contributed by atoms with Crippen LogP contribution in [0.25, 0.3) is 0 Å². The summed E-state index contributed by atoms with van der Waals surface area (Å²) in [6.07, 6.45) is 0.405. The summed E-state index contributed by atoms with van der Waals surface area (Å²) in [5.74, 6) is 4.96. The summed E-state index contributed by atoms with van der Waals surface area (Å²) in [6, 6.07) is 9.14. The molecule has 0 spiro atoms. The molecular weight excluding hydrogens is 277 g/mol. The van der Waals surface area contributed by atoms with Gasteiger partial charge in [0.15, 0.2) is 0 Å². The number of hydrogen-bond donors (Lipinski definition) is 2. The van der Waals surface area contributed by atoms with Gasteiger partial charge in [-0.15, -0.1) is 11.3 Å². The van der Waals surface area contributed by atoms with Gasteiger partial charge in [0.1, 0.15) is 5.82 Å². The van der Waals surface area contributed by atoms with Crippen LogP contribution in [0, 0.1) is 17.7 Å². The van der Waals surface area contributed by atoms with Crippen molar-refractivity contribution in [2.45, 2.75) is 6.42 Å². The van der Waals surface area contributed by atoms with E-state index in [-0.39, 0.29) is 12.5 Å². The minimum absolute atomic E-state index is 0.0191. The van der Waals surface area contributed by atoms with Crippen LogP contribution in [-0.4, -0.2) is 17.6 Å². The molecule has 0 radical (unpaired) electrons. The second-order valence-corrected chi connectivity index (χ2v) is 4.99. The minimum atomic E-state index is -0.399. The molecule has 2 N–H and O–H groups in total. The summed E-state index contributed by atoms with van der Waals surface area (Å²) in [4.78, 5) is 13.2. The van der Waals surface area contributed by atoms with Crippen LogP contribution in [0.15, 0.2) is 36.4 Å². The predicted octanol–water partition coefficient (Wildman–Crippen LogP) is 2.87. The molecule has 0 fully saturated rings. The van der Waals surface area contributed by atoms with E-state index < -0.39 is 5.82 Å². The second kappa shape index (κ2) is 6.85. The molecule has 0 aliphatic carbocycles. The molecule has 2 rings (SSSR count). The molecule has 0 atom stereocenters. The van der Waals surface area contributed by atoms with Crippen LogP contribution in [0.4, 0.5) is 10.1 Å². The van der Waals surface area contributed by atoms with Crippen molar-refractivity contribution in [1.82, 2.24) is 0 Å². The molecule has 5 heteroatoms. The number of aliphatic hydroxyl groups excluding tert-OH is 1. The van der Waals surface area contributed by atoms with Gasteiger partial charge in [-0.25, -0.2) is 4.39 Å². The fraction of sp³-hybridized carbons (Fsp3) is 0.133. The maximum atomic E-state index is 13.0. The molecule has 102 valence electrons. The lowest BCUT2D eigenvalue weighted by Crippen LogP contribution is -2.09. The average Bonchev–Trinajstić information content (AvgIpc) is 2.88. The van der Waals surface area contributed by atoms with Gasteiger partial charge in [0.05, 0.1) is 16.4 Å². The molecule has 1 amide bonds. The first kappa shape index (κ1) is 14.3. The van der Waals surface area contributed by atoms with Crippen LogP contribution in [0.2, 0.25) is 0 Å². The Kier molecular flexibility index (Phi) is 4.88. The molecular formula is C15H12FNO2S. The maximum absolute atomic E-state index is 13.0. The van der Waals surface area contributed by atoms with E-state index in [0.717, 1.165) is 4.88 Å². The Morgan fingerprint density at radius 3 is 2.95 bits per heavy atom. The SMILES string of the molecule is O=C(Nc1cccc(F)c1)c1ccc(C#CCCO)s1. The van der Waals surface area contributed by atoms with Crippen LogP contribution in [-0.2, 0) is 0 Å². The monoisotopic (exact) mass is 289 g/mol. The molecule has 0 aliphatic rings. The summed E-state index contributed by atoms with van der Waals surface area (Å²) in [5, 5.41) is 11.3. The zero-order chi connectivity index (χ0) is 14.4. The second-order valence-electron chi connectivity index (χ2n) is 3.90. The molecule has 20 heavy (non-hydrogen) atoms. The standard InChI is InChI=1S/C15H12FNO2S/c16-11-4-3-5-12(10-11)17-15(19)14-8-7-13(20-14)6-1-2-9-18/h3-5,7-8,10,18H,2,9H2,(H,17,19). The number of benzene rings is 1. The molecule has 0 bridgehead atoms. The Labute approximate surface area is 120 Å². The lowest BCUT2D eigenvalue weighted by molar-refractivity contribution is 0.103. The lowest BCUT2D eigenvalue weighted by Gasteiger charge is -2.02. The fourth-order valence-electron chi connectivity index (χ4n) is 1.49. The Balaban J connectivity index is 2.05. The van der Waals surface area contributed by atoms with Gasteiger partial charge in [-0.1, -0.05) is 17.9 Å². The van der Waals surface area contributed by atoms with E-state index in [1.807, 2.05) is 0 Å².